The van der Waals surface area contributed by atoms with Crippen molar-refractivity contribution in [1.82, 2.24) is 9.80 Å². The molecular weight excluding hydrogens is 432 g/mol. The summed E-state index contributed by atoms with van der Waals surface area (Å²) in [4.78, 5) is 28.5. The molecule has 1 amide bonds. The summed E-state index contributed by atoms with van der Waals surface area (Å²) in [5, 5.41) is 12.8. The first-order chi connectivity index (χ1) is 16.5. The van der Waals surface area contributed by atoms with Gasteiger partial charge >= 0.3 is 5.97 Å². The second kappa shape index (κ2) is 11.0. The topological polar surface area (TPSA) is 79.3 Å². The molecular formula is C27H34N2O5. The molecule has 2 unspecified atom stereocenters. The molecule has 2 atom stereocenters. The van der Waals surface area contributed by atoms with Crippen LogP contribution in [0.2, 0.25) is 0 Å². The van der Waals surface area contributed by atoms with Gasteiger partial charge in [0.15, 0.2) is 6.23 Å². The van der Waals surface area contributed by atoms with E-state index in [-0.39, 0.29) is 11.9 Å². The maximum Gasteiger partial charge on any atom is 0.330 e. The van der Waals surface area contributed by atoms with Gasteiger partial charge in [-0.05, 0) is 57.3 Å². The monoisotopic (exact) mass is 466 g/mol. The van der Waals surface area contributed by atoms with Crippen molar-refractivity contribution < 1.29 is 24.2 Å². The number of likely N-dealkylation sites (tertiary alicyclic amines) is 1. The Bertz CT molecular complexity index is 1050. The first-order valence-electron chi connectivity index (χ1n) is 12.3. The number of nitrogens with zero attached hydrogens (tertiary/aromatic N) is 2. The number of aliphatic hydroxyl groups is 1. The standard InChI is InChI=1S/C27H34N2O5/c1-3-24(30)34-17-7-5-6-16-33-23-14-13-22-25-20(23)11-8-12-21(25)26(31)29(27(22)32)18-19-10-9-15-28(19)4-2/h3,8,11-14,19,26,31H,1,4-7,9-10,15-18H2,2H3. The van der Waals surface area contributed by atoms with Crippen LogP contribution in [0.3, 0.4) is 0 Å². The molecule has 1 N–H and O–H groups in total. The number of rotatable bonds is 11. The molecule has 0 saturated carbocycles. The summed E-state index contributed by atoms with van der Waals surface area (Å²) < 4.78 is 11.0. The molecule has 2 aromatic rings. The lowest BCUT2D eigenvalue weighted by atomic mass is 9.92. The van der Waals surface area contributed by atoms with Crippen LogP contribution < -0.4 is 4.74 Å². The van der Waals surface area contributed by atoms with E-state index in [0.717, 1.165) is 67.6 Å². The van der Waals surface area contributed by atoms with Crippen LogP contribution in [0.5, 0.6) is 5.75 Å². The molecule has 0 bridgehead atoms. The van der Waals surface area contributed by atoms with Crippen LogP contribution in [0.1, 0.15) is 61.2 Å². The van der Waals surface area contributed by atoms with Crippen molar-refractivity contribution in [3.63, 3.8) is 0 Å². The highest BCUT2D eigenvalue weighted by atomic mass is 16.5. The summed E-state index contributed by atoms with van der Waals surface area (Å²) in [6.07, 6.45) is 4.83. The van der Waals surface area contributed by atoms with Gasteiger partial charge in [0.25, 0.3) is 5.91 Å². The first-order valence-corrected chi connectivity index (χ1v) is 12.3. The Kier molecular flexibility index (Phi) is 7.85. The summed E-state index contributed by atoms with van der Waals surface area (Å²) in [6.45, 7) is 8.94. The van der Waals surface area contributed by atoms with E-state index < -0.39 is 12.2 Å². The lowest BCUT2D eigenvalue weighted by Crippen LogP contribution is -2.46. The molecule has 34 heavy (non-hydrogen) atoms. The smallest absolute Gasteiger partial charge is 0.330 e. The summed E-state index contributed by atoms with van der Waals surface area (Å²) in [5.74, 6) is 0.182. The third-order valence-electron chi connectivity index (χ3n) is 6.87. The SMILES string of the molecule is C=CC(=O)OCCCCCOc1ccc2c3c(cccc13)C(O)N(CC1CCCN1CC)C2=O. The lowest BCUT2D eigenvalue weighted by Gasteiger charge is -2.37. The number of unbranched alkanes of at least 4 members (excludes halogenated alkanes) is 2. The Labute approximate surface area is 200 Å². The van der Waals surface area contributed by atoms with E-state index in [0.29, 0.717) is 31.1 Å². The zero-order valence-corrected chi connectivity index (χ0v) is 19.9. The molecule has 4 rings (SSSR count). The molecule has 2 heterocycles. The number of amides is 1. The largest absolute Gasteiger partial charge is 0.493 e. The van der Waals surface area contributed by atoms with Crippen molar-refractivity contribution in [2.45, 2.75) is 51.3 Å². The molecule has 1 saturated heterocycles. The number of aliphatic hydroxyl groups excluding tert-OH is 1. The number of carbonyl (C=O) groups is 2. The van der Waals surface area contributed by atoms with Crippen molar-refractivity contribution in [3.8, 4) is 5.75 Å². The number of hydrogen-bond donors (Lipinski definition) is 1. The number of carbonyl (C=O) groups excluding carboxylic acids is 2. The summed E-state index contributed by atoms with van der Waals surface area (Å²) in [5.41, 5.74) is 1.37. The molecule has 0 spiro atoms. The van der Waals surface area contributed by atoms with E-state index in [1.807, 2.05) is 30.3 Å². The van der Waals surface area contributed by atoms with Crippen molar-refractivity contribution in [2.24, 2.45) is 0 Å². The molecule has 2 aromatic carbocycles. The van der Waals surface area contributed by atoms with Gasteiger partial charge in [-0.25, -0.2) is 4.79 Å². The first kappa shape index (κ1) is 24.2. The van der Waals surface area contributed by atoms with E-state index >= 15 is 0 Å². The highest BCUT2D eigenvalue weighted by molar-refractivity contribution is 6.11. The normalized spacial score (nSPS) is 20.1. The predicted octanol–water partition coefficient (Wildman–Crippen LogP) is 4.05. The molecule has 182 valence electrons. The van der Waals surface area contributed by atoms with Crippen LogP contribution >= 0.6 is 0 Å². The van der Waals surface area contributed by atoms with Crippen molar-refractivity contribution >= 4 is 22.6 Å². The van der Waals surface area contributed by atoms with E-state index in [2.05, 4.69) is 18.4 Å². The summed E-state index contributed by atoms with van der Waals surface area (Å²) in [7, 11) is 0. The van der Waals surface area contributed by atoms with Gasteiger partial charge in [0, 0.05) is 40.6 Å². The molecule has 2 aliphatic rings. The van der Waals surface area contributed by atoms with Gasteiger partial charge in [-0.3, -0.25) is 9.69 Å². The number of benzene rings is 2. The molecule has 2 aliphatic heterocycles. The Hall–Kier alpha value is -2.90. The quantitative estimate of drug-likeness (QED) is 0.306. The van der Waals surface area contributed by atoms with Gasteiger partial charge in [-0.15, -0.1) is 0 Å². The third kappa shape index (κ3) is 4.95. The minimum atomic E-state index is -0.962. The van der Waals surface area contributed by atoms with Crippen LogP contribution in [0.25, 0.3) is 10.8 Å². The van der Waals surface area contributed by atoms with E-state index in [1.54, 1.807) is 4.90 Å². The van der Waals surface area contributed by atoms with Crippen LogP contribution in [0, 0.1) is 0 Å². The fourth-order valence-corrected chi connectivity index (χ4v) is 5.08. The summed E-state index contributed by atoms with van der Waals surface area (Å²) in [6, 6.07) is 9.72. The van der Waals surface area contributed by atoms with Crippen LogP contribution in [-0.4, -0.2) is 65.7 Å². The van der Waals surface area contributed by atoms with Crippen LogP contribution in [0.15, 0.2) is 43.0 Å². The molecule has 7 nitrogen and oxygen atoms in total. The maximum absolute atomic E-state index is 13.4. The highest BCUT2D eigenvalue weighted by Crippen LogP contribution is 2.40. The van der Waals surface area contributed by atoms with E-state index in [1.165, 1.54) is 0 Å². The van der Waals surface area contributed by atoms with Crippen molar-refractivity contribution in [2.75, 3.05) is 32.8 Å². The van der Waals surface area contributed by atoms with Crippen LogP contribution in [-0.2, 0) is 9.53 Å². The van der Waals surface area contributed by atoms with E-state index in [9.17, 15) is 14.7 Å². The second-order valence-electron chi connectivity index (χ2n) is 8.92. The third-order valence-corrected chi connectivity index (χ3v) is 6.87. The number of esters is 1. The lowest BCUT2D eigenvalue weighted by molar-refractivity contribution is -0.137. The maximum atomic E-state index is 13.4. The zero-order valence-electron chi connectivity index (χ0n) is 19.9. The Balaban J connectivity index is 1.44. The Morgan fingerprint density at radius 2 is 2.03 bits per heavy atom. The molecule has 7 heteroatoms. The van der Waals surface area contributed by atoms with Gasteiger partial charge in [-0.2, -0.15) is 0 Å². The van der Waals surface area contributed by atoms with Crippen molar-refractivity contribution in [1.29, 1.82) is 0 Å². The molecule has 1 fully saturated rings. The minimum absolute atomic E-state index is 0.125. The molecule has 0 aromatic heterocycles. The molecule has 0 aliphatic carbocycles. The van der Waals surface area contributed by atoms with Gasteiger partial charge in [-0.1, -0.05) is 31.7 Å². The fourth-order valence-electron chi connectivity index (χ4n) is 5.08. The Morgan fingerprint density at radius 3 is 2.82 bits per heavy atom. The predicted molar refractivity (Wildman–Crippen MR) is 131 cm³/mol. The second-order valence-corrected chi connectivity index (χ2v) is 8.92. The average Bonchev–Trinajstić information content (AvgIpc) is 3.31. The van der Waals surface area contributed by atoms with Gasteiger partial charge in [0.05, 0.1) is 13.2 Å². The van der Waals surface area contributed by atoms with Gasteiger partial charge in [0.2, 0.25) is 0 Å². The fraction of sp³-hybridized carbons (Fsp3) is 0.481. The Morgan fingerprint density at radius 1 is 1.21 bits per heavy atom. The van der Waals surface area contributed by atoms with Crippen LogP contribution in [0.4, 0.5) is 0 Å². The highest BCUT2D eigenvalue weighted by Gasteiger charge is 2.36. The van der Waals surface area contributed by atoms with Gasteiger partial charge < -0.3 is 19.5 Å². The average molecular weight is 467 g/mol. The number of ether oxygens (including phenoxy) is 2. The summed E-state index contributed by atoms with van der Waals surface area (Å²) >= 11 is 0. The molecule has 0 radical (unpaired) electrons. The number of likely N-dealkylation sites (N-methyl/N-ethyl adjacent to an activating group) is 1. The van der Waals surface area contributed by atoms with E-state index in [4.69, 9.17) is 9.47 Å². The zero-order chi connectivity index (χ0) is 24.1. The number of hydrogen-bond acceptors (Lipinski definition) is 6. The minimum Gasteiger partial charge on any atom is -0.493 e. The van der Waals surface area contributed by atoms with Crippen molar-refractivity contribution in [3.05, 3.63) is 54.1 Å². The van der Waals surface area contributed by atoms with Gasteiger partial charge in [0.1, 0.15) is 5.75 Å².